The van der Waals surface area contributed by atoms with Crippen molar-refractivity contribution in [3.8, 4) is 0 Å². The van der Waals surface area contributed by atoms with Crippen molar-refractivity contribution in [3.05, 3.63) is 59.3 Å². The van der Waals surface area contributed by atoms with Gasteiger partial charge in [0.05, 0.1) is 6.04 Å². The number of carbonyl (C=O) groups excluding carboxylic acids is 1. The lowest BCUT2D eigenvalue weighted by Gasteiger charge is -2.13. The molecule has 5 N–H and O–H groups in total. The van der Waals surface area contributed by atoms with Crippen LogP contribution in [0.5, 0.6) is 0 Å². The Bertz CT molecular complexity index is 610. The molecule has 0 saturated heterocycles. The molecule has 0 aliphatic heterocycles. The van der Waals surface area contributed by atoms with E-state index in [1.54, 1.807) is 12.3 Å². The van der Waals surface area contributed by atoms with E-state index >= 15 is 0 Å². The Morgan fingerprint density at radius 3 is 2.71 bits per heavy atom. The van der Waals surface area contributed by atoms with Gasteiger partial charge in [0.2, 0.25) is 5.91 Å². The molecular formula is C16H20N4O. The van der Waals surface area contributed by atoms with Crippen LogP contribution in [0.4, 0.5) is 5.82 Å². The normalized spacial score (nSPS) is 11.9. The first-order valence-corrected chi connectivity index (χ1v) is 6.84. The molecular weight excluding hydrogens is 264 g/mol. The Morgan fingerprint density at radius 2 is 2.05 bits per heavy atom. The molecule has 1 aromatic carbocycles. The minimum atomic E-state index is -0.562. The van der Waals surface area contributed by atoms with Crippen molar-refractivity contribution in [1.82, 2.24) is 10.3 Å². The minimum absolute atomic E-state index is 0.171. The number of nitrogens with zero attached hydrogens (tertiary/aromatic N) is 1. The van der Waals surface area contributed by atoms with Gasteiger partial charge in [0.25, 0.3) is 0 Å². The number of aromatic nitrogens is 1. The zero-order valence-electron chi connectivity index (χ0n) is 12.0. The summed E-state index contributed by atoms with van der Waals surface area (Å²) < 4.78 is 0. The van der Waals surface area contributed by atoms with Crippen LogP contribution in [0, 0.1) is 6.92 Å². The number of aryl methyl sites for hydroxylation is 1. The SMILES string of the molecule is Cc1ccccc1C[C@H](N)C(=O)NCc1ccc(N)nc1. The summed E-state index contributed by atoms with van der Waals surface area (Å²) in [5, 5.41) is 2.81. The Kier molecular flexibility index (Phi) is 4.90. The lowest BCUT2D eigenvalue weighted by Crippen LogP contribution is -2.41. The van der Waals surface area contributed by atoms with Gasteiger partial charge in [0.15, 0.2) is 0 Å². The van der Waals surface area contributed by atoms with E-state index in [4.69, 9.17) is 11.5 Å². The number of hydrogen-bond acceptors (Lipinski definition) is 4. The van der Waals surface area contributed by atoms with Crippen LogP contribution in [0.15, 0.2) is 42.6 Å². The summed E-state index contributed by atoms with van der Waals surface area (Å²) in [7, 11) is 0. The van der Waals surface area contributed by atoms with Crippen molar-refractivity contribution in [2.45, 2.75) is 25.9 Å². The molecule has 1 heterocycles. The molecule has 2 aromatic rings. The highest BCUT2D eigenvalue weighted by atomic mass is 16.2. The van der Waals surface area contributed by atoms with Crippen molar-refractivity contribution in [2.24, 2.45) is 5.73 Å². The van der Waals surface area contributed by atoms with Crippen LogP contribution in [-0.2, 0) is 17.8 Å². The second-order valence-corrected chi connectivity index (χ2v) is 5.05. The maximum absolute atomic E-state index is 12.0. The molecule has 0 radical (unpaired) electrons. The Balaban J connectivity index is 1.88. The Morgan fingerprint density at radius 1 is 1.29 bits per heavy atom. The van der Waals surface area contributed by atoms with Crippen LogP contribution < -0.4 is 16.8 Å². The van der Waals surface area contributed by atoms with E-state index in [0.717, 1.165) is 16.7 Å². The van der Waals surface area contributed by atoms with E-state index in [9.17, 15) is 4.79 Å². The third-order valence-electron chi connectivity index (χ3n) is 3.35. The van der Waals surface area contributed by atoms with Gasteiger partial charge in [-0.1, -0.05) is 30.3 Å². The zero-order valence-corrected chi connectivity index (χ0v) is 12.0. The van der Waals surface area contributed by atoms with E-state index in [1.165, 1.54) is 0 Å². The first-order chi connectivity index (χ1) is 10.1. The summed E-state index contributed by atoms with van der Waals surface area (Å²) in [6.45, 7) is 2.41. The minimum Gasteiger partial charge on any atom is -0.384 e. The number of nitrogens with one attached hydrogen (secondary N) is 1. The molecule has 0 aliphatic carbocycles. The summed E-state index contributed by atoms with van der Waals surface area (Å²) in [5.74, 6) is 0.288. The first kappa shape index (κ1) is 15.0. The second-order valence-electron chi connectivity index (χ2n) is 5.05. The van der Waals surface area contributed by atoms with Crippen LogP contribution in [0.25, 0.3) is 0 Å². The highest BCUT2D eigenvalue weighted by Crippen LogP contribution is 2.09. The van der Waals surface area contributed by atoms with Crippen molar-refractivity contribution >= 4 is 11.7 Å². The van der Waals surface area contributed by atoms with Gasteiger partial charge in [-0.25, -0.2) is 4.98 Å². The van der Waals surface area contributed by atoms with Gasteiger partial charge in [0.1, 0.15) is 5.82 Å². The van der Waals surface area contributed by atoms with Crippen LogP contribution in [0.2, 0.25) is 0 Å². The first-order valence-electron chi connectivity index (χ1n) is 6.84. The molecule has 0 saturated carbocycles. The zero-order chi connectivity index (χ0) is 15.2. The van der Waals surface area contributed by atoms with E-state index < -0.39 is 6.04 Å². The number of amides is 1. The number of benzene rings is 1. The summed E-state index contributed by atoms with van der Waals surface area (Å²) in [4.78, 5) is 16.0. The molecule has 0 aliphatic rings. The van der Waals surface area contributed by atoms with Crippen LogP contribution in [0.3, 0.4) is 0 Å². The van der Waals surface area contributed by atoms with Crippen molar-refractivity contribution in [3.63, 3.8) is 0 Å². The standard InChI is InChI=1S/C16H20N4O/c1-11-4-2-3-5-13(11)8-14(17)16(21)20-10-12-6-7-15(18)19-9-12/h2-7,9,14H,8,10,17H2,1H3,(H2,18,19)(H,20,21)/t14-/m0/s1. The predicted molar refractivity (Wildman–Crippen MR) is 83.4 cm³/mol. The largest absolute Gasteiger partial charge is 0.384 e. The summed E-state index contributed by atoms with van der Waals surface area (Å²) in [6.07, 6.45) is 2.17. The maximum atomic E-state index is 12.0. The molecule has 0 bridgehead atoms. The summed E-state index contributed by atoms with van der Waals surface area (Å²) >= 11 is 0. The van der Waals surface area contributed by atoms with Gasteiger partial charge < -0.3 is 16.8 Å². The number of rotatable bonds is 5. The number of nitrogens with two attached hydrogens (primary N) is 2. The van der Waals surface area contributed by atoms with Crippen molar-refractivity contribution in [1.29, 1.82) is 0 Å². The van der Waals surface area contributed by atoms with Crippen LogP contribution >= 0.6 is 0 Å². The molecule has 1 amide bonds. The fourth-order valence-electron chi connectivity index (χ4n) is 2.03. The average molecular weight is 284 g/mol. The number of anilines is 1. The smallest absolute Gasteiger partial charge is 0.237 e. The van der Waals surface area contributed by atoms with Crippen LogP contribution in [0.1, 0.15) is 16.7 Å². The fourth-order valence-corrected chi connectivity index (χ4v) is 2.03. The molecule has 2 rings (SSSR count). The topological polar surface area (TPSA) is 94.0 Å². The molecule has 1 aromatic heterocycles. The Labute approximate surface area is 124 Å². The number of nitrogen functional groups attached to an aromatic ring is 1. The highest BCUT2D eigenvalue weighted by molar-refractivity contribution is 5.81. The molecule has 21 heavy (non-hydrogen) atoms. The molecule has 5 heteroatoms. The van der Waals surface area contributed by atoms with Gasteiger partial charge in [-0.05, 0) is 36.1 Å². The molecule has 0 fully saturated rings. The quantitative estimate of drug-likeness (QED) is 0.768. The molecule has 5 nitrogen and oxygen atoms in total. The summed E-state index contributed by atoms with van der Waals surface area (Å²) in [6, 6.07) is 10.9. The fraction of sp³-hybridized carbons (Fsp3) is 0.250. The van der Waals surface area contributed by atoms with E-state index in [2.05, 4.69) is 10.3 Å². The van der Waals surface area contributed by atoms with Gasteiger partial charge in [-0.3, -0.25) is 4.79 Å². The lowest BCUT2D eigenvalue weighted by molar-refractivity contribution is -0.122. The number of pyridine rings is 1. The maximum Gasteiger partial charge on any atom is 0.237 e. The van der Waals surface area contributed by atoms with Gasteiger partial charge in [-0.15, -0.1) is 0 Å². The van der Waals surface area contributed by atoms with E-state index in [1.807, 2.05) is 37.3 Å². The van der Waals surface area contributed by atoms with Gasteiger partial charge in [-0.2, -0.15) is 0 Å². The number of hydrogen-bond donors (Lipinski definition) is 3. The van der Waals surface area contributed by atoms with Crippen LogP contribution in [-0.4, -0.2) is 16.9 Å². The molecule has 0 spiro atoms. The third-order valence-corrected chi connectivity index (χ3v) is 3.35. The van der Waals surface area contributed by atoms with Gasteiger partial charge >= 0.3 is 0 Å². The molecule has 1 atom stereocenters. The third kappa shape index (κ3) is 4.29. The monoisotopic (exact) mass is 284 g/mol. The molecule has 0 unspecified atom stereocenters. The predicted octanol–water partition coefficient (Wildman–Crippen LogP) is 1.16. The van der Waals surface area contributed by atoms with Crippen molar-refractivity contribution in [2.75, 3.05) is 5.73 Å². The summed E-state index contributed by atoms with van der Waals surface area (Å²) in [5.41, 5.74) is 14.6. The lowest BCUT2D eigenvalue weighted by atomic mass is 10.0. The van der Waals surface area contributed by atoms with E-state index in [0.29, 0.717) is 18.8 Å². The second kappa shape index (κ2) is 6.85. The van der Waals surface area contributed by atoms with Gasteiger partial charge in [0, 0.05) is 12.7 Å². The molecule has 110 valence electrons. The van der Waals surface area contributed by atoms with E-state index in [-0.39, 0.29) is 5.91 Å². The highest BCUT2D eigenvalue weighted by Gasteiger charge is 2.14. The van der Waals surface area contributed by atoms with Crippen molar-refractivity contribution < 1.29 is 4.79 Å². The average Bonchev–Trinajstić information content (AvgIpc) is 2.48. The number of carbonyl (C=O) groups is 1. The Hall–Kier alpha value is -2.40.